The molecule has 0 bridgehead atoms. The van der Waals surface area contributed by atoms with E-state index in [2.05, 4.69) is 10.6 Å². The van der Waals surface area contributed by atoms with E-state index in [1.165, 1.54) is 0 Å². The van der Waals surface area contributed by atoms with Gasteiger partial charge in [0.1, 0.15) is 0 Å². The topological polar surface area (TPSA) is 61.4 Å². The van der Waals surface area contributed by atoms with E-state index < -0.39 is 0 Å². The summed E-state index contributed by atoms with van der Waals surface area (Å²) in [4.78, 5) is 26.6. The van der Waals surface area contributed by atoms with Crippen LogP contribution in [0.15, 0.2) is 18.2 Å². The molecule has 1 atom stereocenters. The van der Waals surface area contributed by atoms with Crippen LogP contribution in [0, 0.1) is 0 Å². The Balaban J connectivity index is 1.79. The summed E-state index contributed by atoms with van der Waals surface area (Å²) < 4.78 is 0. The van der Waals surface area contributed by atoms with Crippen LogP contribution in [0.4, 0.5) is 0 Å². The third-order valence-electron chi connectivity index (χ3n) is 4.44. The first-order valence-electron chi connectivity index (χ1n) is 7.79. The predicted molar refractivity (Wildman–Crippen MR) is 89.6 cm³/mol. The van der Waals surface area contributed by atoms with Crippen molar-refractivity contribution in [2.24, 2.45) is 0 Å². The van der Waals surface area contributed by atoms with Crippen LogP contribution in [0.2, 0.25) is 10.0 Å². The first-order valence-corrected chi connectivity index (χ1v) is 8.54. The maximum absolute atomic E-state index is 12.6. The largest absolute Gasteiger partial charge is 0.347 e. The lowest BCUT2D eigenvalue weighted by Gasteiger charge is -2.33. The van der Waals surface area contributed by atoms with E-state index in [-0.39, 0.29) is 36.9 Å². The second-order valence-electron chi connectivity index (χ2n) is 6.00. The fourth-order valence-electron chi connectivity index (χ4n) is 3.21. The molecule has 2 heterocycles. The average molecular weight is 356 g/mol. The summed E-state index contributed by atoms with van der Waals surface area (Å²) in [5, 5.41) is 7.08. The van der Waals surface area contributed by atoms with E-state index in [1.54, 1.807) is 23.1 Å². The summed E-state index contributed by atoms with van der Waals surface area (Å²) in [5.41, 5.74) is 0.799. The molecule has 0 aliphatic carbocycles. The Morgan fingerprint density at radius 2 is 1.83 bits per heavy atom. The number of amides is 2. The molecule has 2 aliphatic rings. The van der Waals surface area contributed by atoms with Crippen LogP contribution < -0.4 is 10.6 Å². The van der Waals surface area contributed by atoms with Crippen molar-refractivity contribution in [2.75, 3.05) is 19.6 Å². The molecule has 3 rings (SSSR count). The molecule has 0 spiro atoms. The fourth-order valence-corrected chi connectivity index (χ4v) is 3.51. The van der Waals surface area contributed by atoms with Gasteiger partial charge in [-0.1, -0.05) is 29.3 Å². The lowest BCUT2D eigenvalue weighted by atomic mass is 10.0. The van der Waals surface area contributed by atoms with Crippen molar-refractivity contribution in [3.8, 4) is 0 Å². The van der Waals surface area contributed by atoms with Gasteiger partial charge >= 0.3 is 0 Å². The maximum Gasteiger partial charge on any atom is 0.240 e. The molecule has 5 nitrogen and oxygen atoms in total. The highest BCUT2D eigenvalue weighted by atomic mass is 35.5. The highest BCUT2D eigenvalue weighted by Crippen LogP contribution is 2.29. The zero-order valence-electron chi connectivity index (χ0n) is 12.6. The first-order chi connectivity index (χ1) is 11.0. The predicted octanol–water partition coefficient (Wildman–Crippen LogP) is 2.13. The van der Waals surface area contributed by atoms with Gasteiger partial charge in [0.25, 0.3) is 0 Å². The van der Waals surface area contributed by atoms with Crippen molar-refractivity contribution in [1.82, 2.24) is 15.5 Å². The minimum atomic E-state index is -0.364. The second-order valence-corrected chi connectivity index (χ2v) is 6.81. The molecule has 0 radical (unpaired) electrons. The summed E-state index contributed by atoms with van der Waals surface area (Å²) in [6.07, 6.45) is 2.01. The lowest BCUT2D eigenvalue weighted by molar-refractivity contribution is -0.136. The maximum atomic E-state index is 12.6. The van der Waals surface area contributed by atoms with Crippen LogP contribution in [0.5, 0.6) is 0 Å². The molecule has 2 fully saturated rings. The smallest absolute Gasteiger partial charge is 0.240 e. The molecular formula is C16H19Cl2N3O2. The number of halogens is 2. The monoisotopic (exact) mass is 355 g/mol. The molecule has 0 saturated carbocycles. The summed E-state index contributed by atoms with van der Waals surface area (Å²) in [7, 11) is 0. The number of hydrogen-bond donors (Lipinski definition) is 2. The van der Waals surface area contributed by atoms with Crippen LogP contribution in [0.3, 0.4) is 0 Å². The molecule has 2 N–H and O–H groups in total. The van der Waals surface area contributed by atoms with Gasteiger partial charge in [0, 0.05) is 6.04 Å². The molecule has 1 unspecified atom stereocenters. The van der Waals surface area contributed by atoms with Gasteiger partial charge in [-0.15, -0.1) is 0 Å². The number of carbonyl (C=O) groups excluding carboxylic acids is 2. The molecule has 7 heteroatoms. The number of carbonyl (C=O) groups is 2. The summed E-state index contributed by atoms with van der Waals surface area (Å²) in [6, 6.07) is 4.97. The van der Waals surface area contributed by atoms with Crippen molar-refractivity contribution < 1.29 is 9.59 Å². The molecule has 2 saturated heterocycles. The van der Waals surface area contributed by atoms with Gasteiger partial charge in [-0.3, -0.25) is 9.59 Å². The number of rotatable bonds is 2. The third kappa shape index (κ3) is 3.79. The van der Waals surface area contributed by atoms with Crippen molar-refractivity contribution in [3.63, 3.8) is 0 Å². The van der Waals surface area contributed by atoms with E-state index in [9.17, 15) is 9.59 Å². The fraction of sp³-hybridized carbons (Fsp3) is 0.500. The Hall–Kier alpha value is -1.30. The van der Waals surface area contributed by atoms with Crippen LogP contribution in [-0.2, 0) is 9.59 Å². The average Bonchev–Trinajstić information content (AvgIpc) is 2.69. The van der Waals surface area contributed by atoms with Crippen molar-refractivity contribution in [1.29, 1.82) is 0 Å². The highest BCUT2D eigenvalue weighted by molar-refractivity contribution is 6.42. The molecule has 2 amide bonds. The third-order valence-corrected chi connectivity index (χ3v) is 5.18. The van der Waals surface area contributed by atoms with E-state index in [4.69, 9.17) is 23.2 Å². The molecule has 2 aliphatic heterocycles. The quantitative estimate of drug-likeness (QED) is 0.854. The Bertz CT molecular complexity index is 617. The molecule has 23 heavy (non-hydrogen) atoms. The van der Waals surface area contributed by atoms with Crippen molar-refractivity contribution in [3.05, 3.63) is 33.8 Å². The SMILES string of the molecule is O=C1CN(C2CCNCC2)C(=O)CC(c2ccc(Cl)c(Cl)c2)N1. The number of piperidine rings is 1. The van der Waals surface area contributed by atoms with Gasteiger partial charge in [0.15, 0.2) is 0 Å². The molecule has 0 aromatic heterocycles. The van der Waals surface area contributed by atoms with E-state index in [0.29, 0.717) is 10.0 Å². The normalized spacial score (nSPS) is 23.6. The molecular weight excluding hydrogens is 337 g/mol. The number of nitrogens with one attached hydrogen (secondary N) is 2. The first kappa shape index (κ1) is 16.6. The number of hydrogen-bond acceptors (Lipinski definition) is 3. The van der Waals surface area contributed by atoms with Crippen molar-refractivity contribution >= 4 is 35.0 Å². The van der Waals surface area contributed by atoms with Gasteiger partial charge < -0.3 is 15.5 Å². The summed E-state index contributed by atoms with van der Waals surface area (Å²) in [5.74, 6) is -0.128. The van der Waals surface area contributed by atoms with Gasteiger partial charge in [-0.05, 0) is 43.6 Å². The summed E-state index contributed by atoms with van der Waals surface area (Å²) in [6.45, 7) is 1.89. The Morgan fingerprint density at radius 1 is 1.09 bits per heavy atom. The van der Waals surface area contributed by atoms with Crippen LogP contribution in [-0.4, -0.2) is 42.4 Å². The van der Waals surface area contributed by atoms with Gasteiger partial charge in [0.05, 0.1) is 29.1 Å². The summed E-state index contributed by atoms with van der Waals surface area (Å²) >= 11 is 12.0. The molecule has 1 aromatic carbocycles. The molecule has 124 valence electrons. The van der Waals surface area contributed by atoms with E-state index in [1.807, 2.05) is 0 Å². The number of nitrogens with zero attached hydrogens (tertiary/aromatic N) is 1. The van der Waals surface area contributed by atoms with Crippen molar-refractivity contribution in [2.45, 2.75) is 31.3 Å². The van der Waals surface area contributed by atoms with Crippen LogP contribution in [0.25, 0.3) is 0 Å². The minimum Gasteiger partial charge on any atom is -0.347 e. The Labute approximate surface area is 145 Å². The Kier molecular flexibility index (Phi) is 5.09. The van der Waals surface area contributed by atoms with E-state index >= 15 is 0 Å². The van der Waals surface area contributed by atoms with E-state index in [0.717, 1.165) is 31.5 Å². The lowest BCUT2D eigenvalue weighted by Crippen LogP contribution is -2.47. The highest BCUT2D eigenvalue weighted by Gasteiger charge is 2.33. The van der Waals surface area contributed by atoms with Gasteiger partial charge in [0.2, 0.25) is 11.8 Å². The zero-order valence-corrected chi connectivity index (χ0v) is 14.2. The van der Waals surface area contributed by atoms with Crippen LogP contribution in [0.1, 0.15) is 30.9 Å². The van der Waals surface area contributed by atoms with Gasteiger partial charge in [-0.25, -0.2) is 0 Å². The Morgan fingerprint density at radius 3 is 2.52 bits per heavy atom. The second kappa shape index (κ2) is 7.07. The van der Waals surface area contributed by atoms with Gasteiger partial charge in [-0.2, -0.15) is 0 Å². The standard InChI is InChI=1S/C16H19Cl2N3O2/c17-12-2-1-10(7-13(12)18)14-8-16(23)21(9-15(22)20-14)11-3-5-19-6-4-11/h1-2,7,11,14,19H,3-6,8-9H2,(H,20,22). The zero-order chi connectivity index (χ0) is 16.4. The minimum absolute atomic E-state index is 0.00585. The van der Waals surface area contributed by atoms with Crippen LogP contribution >= 0.6 is 23.2 Å². The number of benzene rings is 1. The molecule has 1 aromatic rings.